The molecule has 1 aromatic carbocycles. The van der Waals surface area contributed by atoms with Gasteiger partial charge in [-0.1, -0.05) is 25.1 Å². The maximum absolute atomic E-state index is 12.2. The number of likely N-dealkylation sites (N-methyl/N-ethyl adjacent to an activating group) is 1. The van der Waals surface area contributed by atoms with E-state index in [0.717, 1.165) is 50.1 Å². The van der Waals surface area contributed by atoms with E-state index in [4.69, 9.17) is 0 Å². The van der Waals surface area contributed by atoms with Gasteiger partial charge in [0.15, 0.2) is 5.13 Å². The first-order chi connectivity index (χ1) is 12.2. The first kappa shape index (κ1) is 17.8. The molecule has 0 spiro atoms. The number of carbonyl (C=O) groups excluding carboxylic acids is 1. The van der Waals surface area contributed by atoms with Gasteiger partial charge in [0.1, 0.15) is 5.69 Å². The van der Waals surface area contributed by atoms with Gasteiger partial charge in [0.05, 0.1) is 0 Å². The number of piperazine rings is 1. The first-order valence-electron chi connectivity index (χ1n) is 8.75. The van der Waals surface area contributed by atoms with Crippen molar-refractivity contribution < 1.29 is 4.79 Å². The van der Waals surface area contributed by atoms with Crippen molar-refractivity contribution in [3.05, 3.63) is 41.4 Å². The lowest BCUT2D eigenvalue weighted by molar-refractivity contribution is 0.0933. The molecule has 2 heterocycles. The zero-order valence-corrected chi connectivity index (χ0v) is 15.4. The Morgan fingerprint density at radius 3 is 2.60 bits per heavy atom. The average Bonchev–Trinajstić information content (AvgIpc) is 3.12. The lowest BCUT2D eigenvalue weighted by Gasteiger charge is -2.33. The Kier molecular flexibility index (Phi) is 6.38. The molecule has 0 saturated carbocycles. The smallest absolute Gasteiger partial charge is 0.270 e. The number of nitrogens with one attached hydrogen (secondary N) is 2. The highest BCUT2D eigenvalue weighted by molar-refractivity contribution is 7.14. The molecule has 1 aliphatic heterocycles. The van der Waals surface area contributed by atoms with Crippen LogP contribution >= 0.6 is 11.3 Å². The zero-order chi connectivity index (χ0) is 17.5. The summed E-state index contributed by atoms with van der Waals surface area (Å²) in [4.78, 5) is 21.4. The molecule has 0 aliphatic carbocycles. The van der Waals surface area contributed by atoms with Crippen molar-refractivity contribution in [2.75, 3.05) is 51.1 Å². The highest BCUT2D eigenvalue weighted by atomic mass is 32.1. The summed E-state index contributed by atoms with van der Waals surface area (Å²) in [6, 6.07) is 9.83. The summed E-state index contributed by atoms with van der Waals surface area (Å²) < 4.78 is 0. The van der Waals surface area contributed by atoms with E-state index in [1.165, 1.54) is 11.3 Å². The van der Waals surface area contributed by atoms with Gasteiger partial charge < -0.3 is 15.5 Å². The van der Waals surface area contributed by atoms with Crippen LogP contribution in [0.5, 0.6) is 0 Å². The third-order valence-electron chi connectivity index (χ3n) is 4.39. The second kappa shape index (κ2) is 8.94. The molecule has 2 N–H and O–H groups in total. The Hall–Kier alpha value is -1.96. The highest BCUT2D eigenvalue weighted by Gasteiger charge is 2.16. The molecule has 0 radical (unpaired) electrons. The summed E-state index contributed by atoms with van der Waals surface area (Å²) >= 11 is 1.44. The Morgan fingerprint density at radius 2 is 1.88 bits per heavy atom. The van der Waals surface area contributed by atoms with E-state index >= 15 is 0 Å². The van der Waals surface area contributed by atoms with Crippen LogP contribution in [-0.4, -0.2) is 66.5 Å². The van der Waals surface area contributed by atoms with Crippen LogP contribution in [0.25, 0.3) is 0 Å². The average molecular weight is 359 g/mol. The van der Waals surface area contributed by atoms with Gasteiger partial charge in [0.2, 0.25) is 0 Å². The number of thiazole rings is 1. The molecule has 134 valence electrons. The van der Waals surface area contributed by atoms with Gasteiger partial charge in [-0.2, -0.15) is 0 Å². The number of aromatic nitrogens is 1. The van der Waals surface area contributed by atoms with E-state index in [0.29, 0.717) is 12.2 Å². The van der Waals surface area contributed by atoms with Crippen molar-refractivity contribution in [2.45, 2.75) is 6.92 Å². The SMILES string of the molecule is CCN1CCN(CCNC(=O)c2csc(Nc3ccccc3)n2)CC1. The van der Waals surface area contributed by atoms with E-state index in [2.05, 4.69) is 32.3 Å². The van der Waals surface area contributed by atoms with Crippen molar-refractivity contribution in [3.8, 4) is 0 Å². The summed E-state index contributed by atoms with van der Waals surface area (Å²) in [7, 11) is 0. The Morgan fingerprint density at radius 1 is 1.16 bits per heavy atom. The van der Waals surface area contributed by atoms with Crippen molar-refractivity contribution in [2.24, 2.45) is 0 Å². The zero-order valence-electron chi connectivity index (χ0n) is 14.6. The van der Waals surface area contributed by atoms with Crippen LogP contribution in [0.15, 0.2) is 35.7 Å². The summed E-state index contributed by atoms with van der Waals surface area (Å²) in [5, 5.41) is 8.70. The molecule has 1 saturated heterocycles. The van der Waals surface area contributed by atoms with E-state index < -0.39 is 0 Å². The van der Waals surface area contributed by atoms with Crippen LogP contribution in [-0.2, 0) is 0 Å². The maximum Gasteiger partial charge on any atom is 0.270 e. The number of rotatable bonds is 7. The third-order valence-corrected chi connectivity index (χ3v) is 5.15. The van der Waals surface area contributed by atoms with E-state index in [-0.39, 0.29) is 5.91 Å². The lowest BCUT2D eigenvalue weighted by atomic mass is 10.3. The quantitative estimate of drug-likeness (QED) is 0.794. The first-order valence-corrected chi connectivity index (χ1v) is 9.63. The maximum atomic E-state index is 12.2. The van der Waals surface area contributed by atoms with E-state index in [1.807, 2.05) is 30.3 Å². The second-order valence-corrected chi connectivity index (χ2v) is 6.92. The van der Waals surface area contributed by atoms with Gasteiger partial charge in [0, 0.05) is 50.3 Å². The molecule has 1 aliphatic rings. The Bertz CT molecular complexity index is 667. The normalized spacial score (nSPS) is 15.9. The van der Waals surface area contributed by atoms with Crippen molar-refractivity contribution in [1.29, 1.82) is 0 Å². The minimum Gasteiger partial charge on any atom is -0.349 e. The predicted octanol–water partition coefficient (Wildman–Crippen LogP) is 2.25. The van der Waals surface area contributed by atoms with E-state index in [1.54, 1.807) is 5.38 Å². The molecule has 3 rings (SSSR count). The minimum atomic E-state index is -0.107. The van der Waals surface area contributed by atoms with Gasteiger partial charge in [-0.15, -0.1) is 11.3 Å². The van der Waals surface area contributed by atoms with Gasteiger partial charge in [-0.05, 0) is 18.7 Å². The van der Waals surface area contributed by atoms with Crippen molar-refractivity contribution in [3.63, 3.8) is 0 Å². The molecule has 6 nitrogen and oxygen atoms in total. The van der Waals surface area contributed by atoms with Gasteiger partial charge in [-0.3, -0.25) is 9.69 Å². The largest absolute Gasteiger partial charge is 0.349 e. The molecule has 1 amide bonds. The Labute approximate surface area is 152 Å². The van der Waals surface area contributed by atoms with Crippen LogP contribution in [0.4, 0.5) is 10.8 Å². The van der Waals surface area contributed by atoms with Gasteiger partial charge >= 0.3 is 0 Å². The highest BCUT2D eigenvalue weighted by Crippen LogP contribution is 2.20. The molecular formula is C18H25N5OS. The number of amides is 1. The molecule has 1 fully saturated rings. The number of anilines is 2. The van der Waals surface area contributed by atoms with E-state index in [9.17, 15) is 4.79 Å². The van der Waals surface area contributed by atoms with Crippen LogP contribution < -0.4 is 10.6 Å². The fourth-order valence-electron chi connectivity index (χ4n) is 2.83. The molecular weight excluding hydrogens is 334 g/mol. The molecule has 7 heteroatoms. The minimum absolute atomic E-state index is 0.107. The number of benzene rings is 1. The van der Waals surface area contributed by atoms with Crippen molar-refractivity contribution in [1.82, 2.24) is 20.1 Å². The number of nitrogens with zero attached hydrogens (tertiary/aromatic N) is 3. The molecule has 25 heavy (non-hydrogen) atoms. The standard InChI is InChI=1S/C18H25N5OS/c1-2-22-10-12-23(13-11-22)9-8-19-17(24)16-14-25-18(21-16)20-15-6-4-3-5-7-15/h3-7,14H,2,8-13H2,1H3,(H,19,24)(H,20,21). The Balaban J connectivity index is 1.41. The monoisotopic (exact) mass is 359 g/mol. The van der Waals surface area contributed by atoms with Crippen LogP contribution in [0.2, 0.25) is 0 Å². The summed E-state index contributed by atoms with van der Waals surface area (Å²) in [6.07, 6.45) is 0. The van der Waals surface area contributed by atoms with Gasteiger partial charge in [0.25, 0.3) is 5.91 Å². The number of para-hydroxylation sites is 1. The molecule has 0 unspecified atom stereocenters. The molecule has 0 bridgehead atoms. The van der Waals surface area contributed by atoms with Crippen LogP contribution in [0, 0.1) is 0 Å². The van der Waals surface area contributed by atoms with Crippen LogP contribution in [0.1, 0.15) is 17.4 Å². The summed E-state index contributed by atoms with van der Waals surface area (Å²) in [6.45, 7) is 9.25. The molecule has 1 aromatic heterocycles. The van der Waals surface area contributed by atoms with Gasteiger partial charge in [-0.25, -0.2) is 4.98 Å². The number of carbonyl (C=O) groups is 1. The number of hydrogen-bond acceptors (Lipinski definition) is 6. The molecule has 2 aromatic rings. The van der Waals surface area contributed by atoms with Crippen LogP contribution in [0.3, 0.4) is 0 Å². The third kappa shape index (κ3) is 5.26. The number of hydrogen-bond donors (Lipinski definition) is 2. The predicted molar refractivity (Wildman–Crippen MR) is 103 cm³/mol. The summed E-state index contributed by atoms with van der Waals surface area (Å²) in [5.74, 6) is -0.107. The summed E-state index contributed by atoms with van der Waals surface area (Å²) in [5.41, 5.74) is 1.44. The topological polar surface area (TPSA) is 60.5 Å². The lowest BCUT2D eigenvalue weighted by Crippen LogP contribution is -2.48. The fourth-order valence-corrected chi connectivity index (χ4v) is 3.54. The van der Waals surface area contributed by atoms with Crippen molar-refractivity contribution >= 4 is 28.1 Å². The fraction of sp³-hybridized carbons (Fsp3) is 0.444. The molecule has 0 atom stereocenters. The second-order valence-electron chi connectivity index (χ2n) is 6.06.